The van der Waals surface area contributed by atoms with E-state index < -0.39 is 24.2 Å². The first kappa shape index (κ1) is 30.6. The maximum absolute atomic E-state index is 6.15. The third-order valence-electron chi connectivity index (χ3n) is 7.88. The summed E-state index contributed by atoms with van der Waals surface area (Å²) in [5, 5.41) is 7.25. The number of aryl methyl sites for hydroxylation is 1. The highest BCUT2D eigenvalue weighted by Gasteiger charge is 2.29. The summed E-state index contributed by atoms with van der Waals surface area (Å²) >= 11 is 0. The lowest BCUT2D eigenvalue weighted by molar-refractivity contribution is 0.339. The number of benzene rings is 5. The topological polar surface area (TPSA) is 9.23 Å². The minimum absolute atomic E-state index is 0.504. The van der Waals surface area contributed by atoms with Crippen LogP contribution in [0.3, 0.4) is 0 Å². The van der Waals surface area contributed by atoms with Gasteiger partial charge in [-0.1, -0.05) is 146 Å². The van der Waals surface area contributed by atoms with E-state index in [4.69, 9.17) is 4.43 Å². The highest BCUT2D eigenvalue weighted by Crippen LogP contribution is 2.48. The molecule has 0 aliphatic heterocycles. The molecule has 0 N–H and O–H groups in total. The van der Waals surface area contributed by atoms with Crippen LogP contribution < -0.4 is 26.4 Å². The summed E-state index contributed by atoms with van der Waals surface area (Å²) in [5.41, 5.74) is 1.95. The van der Waals surface area contributed by atoms with Gasteiger partial charge in [-0.15, -0.1) is 0 Å². The van der Waals surface area contributed by atoms with Crippen LogP contribution in [0.25, 0.3) is 0 Å². The molecule has 0 heterocycles. The van der Waals surface area contributed by atoms with Crippen LogP contribution in [0.15, 0.2) is 146 Å². The summed E-state index contributed by atoms with van der Waals surface area (Å²) in [6.07, 6.45) is 3.40. The molecule has 1 atom stereocenters. The van der Waals surface area contributed by atoms with Gasteiger partial charge in [0.15, 0.2) is 0 Å². The normalized spacial score (nSPS) is 12.5. The Hall–Kier alpha value is -2.86. The lowest BCUT2D eigenvalue weighted by Crippen LogP contribution is -2.44. The van der Waals surface area contributed by atoms with Crippen LogP contribution in [0.5, 0.6) is 0 Å². The molecule has 0 saturated heterocycles. The van der Waals surface area contributed by atoms with Gasteiger partial charge in [0.05, 0.1) is 0 Å². The Labute approximate surface area is 256 Å². The monoisotopic (exact) mass is 604 g/mol. The summed E-state index contributed by atoms with van der Waals surface area (Å²) in [6, 6.07) is 54.4. The maximum atomic E-state index is 6.15. The second kappa shape index (κ2) is 15.0. The maximum Gasteiger partial charge on any atom is 0.218 e. The van der Waals surface area contributed by atoms with E-state index in [9.17, 15) is 0 Å². The van der Waals surface area contributed by atoms with Crippen LogP contribution in [0.2, 0.25) is 13.1 Å². The molecule has 0 aliphatic carbocycles. The van der Waals surface area contributed by atoms with E-state index in [0.717, 1.165) is 19.4 Å². The fraction of sp³-hybridized carbons (Fsp3) is 0.211. The fourth-order valence-corrected chi connectivity index (χ4v) is 13.6. The van der Waals surface area contributed by atoms with Crippen LogP contribution in [0.1, 0.15) is 18.9 Å². The molecule has 5 aromatic rings. The van der Waals surface area contributed by atoms with Gasteiger partial charge in [-0.05, 0) is 92.5 Å². The Morgan fingerprint density at radius 1 is 0.571 bits per heavy atom. The zero-order valence-corrected chi connectivity index (χ0v) is 27.9. The minimum atomic E-state index is -1.84. The summed E-state index contributed by atoms with van der Waals surface area (Å²) in [5.74, 6) is 0. The van der Waals surface area contributed by atoms with Crippen molar-refractivity contribution in [2.75, 3.05) is 12.8 Å². The first-order valence-corrected chi connectivity index (χ1v) is 20.9. The number of hydrogen-bond acceptors (Lipinski definition) is 1. The molecule has 0 aromatic heterocycles. The molecule has 1 nitrogen and oxygen atoms in total. The van der Waals surface area contributed by atoms with Gasteiger partial charge in [0.25, 0.3) is 0 Å². The van der Waals surface area contributed by atoms with E-state index in [0.29, 0.717) is 5.66 Å². The van der Waals surface area contributed by atoms with E-state index >= 15 is 0 Å². The van der Waals surface area contributed by atoms with E-state index in [1.807, 2.05) is 0 Å². The molecule has 0 bridgehead atoms. The number of rotatable bonds is 13. The number of hydrogen-bond donors (Lipinski definition) is 0. The lowest BCUT2D eigenvalue weighted by atomic mass is 10.1. The Morgan fingerprint density at radius 3 is 1.43 bits per heavy atom. The molecule has 5 rings (SSSR count). The van der Waals surface area contributed by atoms with Crippen molar-refractivity contribution in [1.29, 1.82) is 0 Å². The summed E-state index contributed by atoms with van der Waals surface area (Å²) in [4.78, 5) is 0. The quantitative estimate of drug-likeness (QED) is 0.0989. The molecule has 4 heteroatoms. The zero-order chi connectivity index (χ0) is 29.2. The molecular formula is C38H42OP2Si. The van der Waals surface area contributed by atoms with Gasteiger partial charge in [-0.3, -0.25) is 0 Å². The van der Waals surface area contributed by atoms with Gasteiger partial charge < -0.3 is 4.43 Å². The third-order valence-corrected chi connectivity index (χ3v) is 16.4. The molecule has 214 valence electrons. The van der Waals surface area contributed by atoms with E-state index in [1.165, 1.54) is 38.1 Å². The summed E-state index contributed by atoms with van der Waals surface area (Å²) in [7, 11) is -2.90. The molecule has 0 radical (unpaired) electrons. The van der Waals surface area contributed by atoms with E-state index in [-0.39, 0.29) is 0 Å². The smallest absolute Gasteiger partial charge is 0.218 e. The Balaban J connectivity index is 1.51. The first-order valence-electron chi connectivity index (χ1n) is 15.1. The fourth-order valence-electron chi connectivity index (χ4n) is 5.69. The van der Waals surface area contributed by atoms with Crippen LogP contribution in [0.4, 0.5) is 0 Å². The van der Waals surface area contributed by atoms with Crippen LogP contribution in [-0.4, -0.2) is 26.7 Å². The molecule has 0 aliphatic rings. The summed E-state index contributed by atoms with van der Waals surface area (Å²) < 4.78 is 6.15. The molecule has 0 amide bonds. The van der Waals surface area contributed by atoms with Gasteiger partial charge in [-0.25, -0.2) is 0 Å². The van der Waals surface area contributed by atoms with Gasteiger partial charge in [0, 0.05) is 6.61 Å². The molecule has 0 spiro atoms. The average Bonchev–Trinajstić information content (AvgIpc) is 3.04. The second-order valence-electron chi connectivity index (χ2n) is 11.2. The predicted octanol–water partition coefficient (Wildman–Crippen LogP) is 7.70. The Kier molecular flexibility index (Phi) is 11.0. The molecular weight excluding hydrogens is 562 g/mol. The van der Waals surface area contributed by atoms with Crippen molar-refractivity contribution in [2.45, 2.75) is 38.5 Å². The summed E-state index contributed by atoms with van der Waals surface area (Å²) in [6.45, 7) is 7.46. The third kappa shape index (κ3) is 7.94. The van der Waals surface area contributed by atoms with Crippen molar-refractivity contribution in [2.24, 2.45) is 0 Å². The molecule has 5 aromatic carbocycles. The molecule has 1 unspecified atom stereocenters. The SMILES string of the molecule is CCO[Si](C)(C)c1ccc(CCC(CP(c2ccccc2)c2ccccc2)P(c2ccccc2)c2ccccc2)cc1. The molecule has 42 heavy (non-hydrogen) atoms. The predicted molar refractivity (Wildman–Crippen MR) is 190 cm³/mol. The van der Waals surface area contributed by atoms with Gasteiger partial charge >= 0.3 is 0 Å². The van der Waals surface area contributed by atoms with E-state index in [1.54, 1.807) is 0 Å². The van der Waals surface area contributed by atoms with E-state index in [2.05, 4.69) is 166 Å². The van der Waals surface area contributed by atoms with Crippen molar-refractivity contribution in [3.05, 3.63) is 151 Å². The minimum Gasteiger partial charge on any atom is -0.413 e. The van der Waals surface area contributed by atoms with Gasteiger partial charge in [0.1, 0.15) is 0 Å². The Bertz CT molecular complexity index is 1400. The van der Waals surface area contributed by atoms with Crippen molar-refractivity contribution in [3.63, 3.8) is 0 Å². The highest BCUT2D eigenvalue weighted by atomic mass is 31.1. The van der Waals surface area contributed by atoms with Crippen molar-refractivity contribution in [3.8, 4) is 0 Å². The van der Waals surface area contributed by atoms with Crippen molar-refractivity contribution in [1.82, 2.24) is 0 Å². The average molecular weight is 605 g/mol. The highest BCUT2D eigenvalue weighted by molar-refractivity contribution is 7.77. The van der Waals surface area contributed by atoms with Crippen molar-refractivity contribution >= 4 is 50.6 Å². The lowest BCUT2D eigenvalue weighted by Gasteiger charge is -2.32. The van der Waals surface area contributed by atoms with Gasteiger partial charge in [0.2, 0.25) is 8.32 Å². The van der Waals surface area contributed by atoms with Crippen molar-refractivity contribution < 1.29 is 4.43 Å². The Morgan fingerprint density at radius 2 is 1.00 bits per heavy atom. The van der Waals surface area contributed by atoms with Crippen LogP contribution in [0, 0.1) is 0 Å². The van der Waals surface area contributed by atoms with Gasteiger partial charge in [-0.2, -0.15) is 0 Å². The second-order valence-corrected chi connectivity index (χ2v) is 19.8. The molecule has 0 saturated carbocycles. The standard InChI is InChI=1S/C38H42OP2Si/c1-4-39-42(2,3)38-29-26-32(27-30-38)25-28-37(41(35-21-13-7-14-22-35)36-23-15-8-16-24-36)31-40(33-17-9-5-10-18-33)34-19-11-6-12-20-34/h5-24,26-27,29-30,37H,4,25,28,31H2,1-3H3. The zero-order valence-electron chi connectivity index (χ0n) is 25.1. The first-order chi connectivity index (χ1) is 20.5. The molecule has 0 fully saturated rings. The van der Waals surface area contributed by atoms with Crippen LogP contribution >= 0.6 is 15.8 Å². The largest absolute Gasteiger partial charge is 0.413 e. The van der Waals surface area contributed by atoms with Crippen LogP contribution in [-0.2, 0) is 10.8 Å².